The number of nitrogens with one attached hydrogen (secondary N) is 1. The van der Waals surface area contributed by atoms with Crippen molar-refractivity contribution < 1.29 is 23.0 Å². The lowest BCUT2D eigenvalue weighted by molar-refractivity contribution is 0.0945. The van der Waals surface area contributed by atoms with Crippen LogP contribution in [0.3, 0.4) is 0 Å². The fraction of sp³-hybridized carbons (Fsp3) is 0.200. The third kappa shape index (κ3) is 3.97. The first-order chi connectivity index (χ1) is 13.0. The van der Waals surface area contributed by atoms with E-state index in [0.717, 1.165) is 17.7 Å². The smallest absolute Gasteiger partial charge is 0.270 e. The van der Waals surface area contributed by atoms with Crippen molar-refractivity contribution in [3.63, 3.8) is 0 Å². The molecule has 1 amide bonds. The van der Waals surface area contributed by atoms with Crippen LogP contribution in [0.2, 0.25) is 0 Å². The number of aromatic nitrogens is 1. The van der Waals surface area contributed by atoms with Gasteiger partial charge in [0.25, 0.3) is 5.91 Å². The number of halogens is 2. The quantitative estimate of drug-likeness (QED) is 0.714. The molecule has 0 bridgehead atoms. The Morgan fingerprint density at radius 1 is 1.15 bits per heavy atom. The maximum atomic E-state index is 14.1. The molecule has 0 unspecified atom stereocenters. The van der Waals surface area contributed by atoms with Gasteiger partial charge in [0.15, 0.2) is 5.82 Å². The summed E-state index contributed by atoms with van der Waals surface area (Å²) in [4.78, 5) is 16.5. The van der Waals surface area contributed by atoms with E-state index in [9.17, 15) is 13.6 Å². The molecule has 7 heteroatoms. The number of rotatable bonds is 6. The Morgan fingerprint density at radius 3 is 2.67 bits per heavy atom. The largest absolute Gasteiger partial charge is 0.496 e. The number of nitrogens with zero attached hydrogens (tertiary/aromatic N) is 1. The molecule has 2 aromatic carbocycles. The molecule has 0 aliphatic rings. The molecular weight excluding hydrogens is 354 g/mol. The number of carbonyl (C=O) groups excluding carboxylic acids is 1. The summed E-state index contributed by atoms with van der Waals surface area (Å²) in [5, 5.41) is 2.89. The summed E-state index contributed by atoms with van der Waals surface area (Å²) in [6.07, 6.45) is 0. The number of amides is 1. The van der Waals surface area contributed by atoms with E-state index in [2.05, 4.69) is 10.3 Å². The Morgan fingerprint density at radius 2 is 1.93 bits per heavy atom. The van der Waals surface area contributed by atoms with Crippen molar-refractivity contribution in [2.24, 2.45) is 0 Å². The number of pyridine rings is 1. The van der Waals surface area contributed by atoms with Crippen molar-refractivity contribution in [2.75, 3.05) is 13.7 Å². The van der Waals surface area contributed by atoms with E-state index in [4.69, 9.17) is 9.47 Å². The molecule has 3 rings (SSSR count). The second-order valence-corrected chi connectivity index (χ2v) is 5.72. The van der Waals surface area contributed by atoms with E-state index in [0.29, 0.717) is 12.4 Å². The zero-order valence-electron chi connectivity index (χ0n) is 14.9. The van der Waals surface area contributed by atoms with Gasteiger partial charge in [-0.3, -0.25) is 4.79 Å². The molecule has 0 atom stereocenters. The highest BCUT2D eigenvalue weighted by molar-refractivity contribution is 5.97. The molecule has 140 valence electrons. The van der Waals surface area contributed by atoms with Gasteiger partial charge in [-0.05, 0) is 19.1 Å². The highest BCUT2D eigenvalue weighted by Crippen LogP contribution is 2.28. The standard InChI is InChI=1S/C20H18F2N2O3/c1-3-27-17-7-5-4-6-12(17)11-23-20(25)16-10-18(26-2)14-8-13(21)9-15(22)19(14)24-16/h4-10H,3,11H2,1-2H3,(H,23,25). The summed E-state index contributed by atoms with van der Waals surface area (Å²) in [6, 6.07) is 10.5. The Bertz CT molecular complexity index is 992. The molecule has 0 aliphatic heterocycles. The van der Waals surface area contributed by atoms with E-state index in [1.807, 2.05) is 31.2 Å². The molecular formula is C20H18F2N2O3. The van der Waals surface area contributed by atoms with E-state index in [1.54, 1.807) is 0 Å². The molecule has 27 heavy (non-hydrogen) atoms. The summed E-state index contributed by atoms with van der Waals surface area (Å²) < 4.78 is 38.2. The van der Waals surface area contributed by atoms with Gasteiger partial charge in [-0.1, -0.05) is 18.2 Å². The molecule has 5 nitrogen and oxygen atoms in total. The second-order valence-electron chi connectivity index (χ2n) is 5.72. The summed E-state index contributed by atoms with van der Waals surface area (Å²) in [5.41, 5.74) is 0.642. The first kappa shape index (κ1) is 18.6. The fourth-order valence-corrected chi connectivity index (χ4v) is 2.72. The number of carbonyl (C=O) groups is 1. The normalized spacial score (nSPS) is 10.7. The molecule has 0 saturated carbocycles. The third-order valence-corrected chi connectivity index (χ3v) is 3.96. The van der Waals surface area contributed by atoms with Gasteiger partial charge in [0.2, 0.25) is 0 Å². The van der Waals surface area contributed by atoms with Gasteiger partial charge in [0, 0.05) is 29.6 Å². The minimum Gasteiger partial charge on any atom is -0.496 e. The molecule has 0 spiro atoms. The highest BCUT2D eigenvalue weighted by atomic mass is 19.1. The molecule has 1 aromatic heterocycles. The first-order valence-electron chi connectivity index (χ1n) is 8.36. The molecule has 0 fully saturated rings. The molecule has 1 heterocycles. The average molecular weight is 372 g/mol. The number of hydrogen-bond donors (Lipinski definition) is 1. The molecule has 0 aliphatic carbocycles. The minimum atomic E-state index is -0.861. The first-order valence-corrected chi connectivity index (χ1v) is 8.36. The van der Waals surface area contributed by atoms with Crippen LogP contribution >= 0.6 is 0 Å². The van der Waals surface area contributed by atoms with Crippen LogP contribution in [0, 0.1) is 11.6 Å². The predicted octanol–water partition coefficient (Wildman–Crippen LogP) is 3.85. The summed E-state index contributed by atoms with van der Waals surface area (Å²) in [6.45, 7) is 2.59. The van der Waals surface area contributed by atoms with Gasteiger partial charge < -0.3 is 14.8 Å². The minimum absolute atomic E-state index is 0.0289. The van der Waals surface area contributed by atoms with Crippen LogP contribution in [0.15, 0.2) is 42.5 Å². The molecule has 1 N–H and O–H groups in total. The van der Waals surface area contributed by atoms with Crippen LogP contribution in [-0.4, -0.2) is 24.6 Å². The van der Waals surface area contributed by atoms with Crippen molar-refractivity contribution in [1.82, 2.24) is 10.3 Å². The zero-order chi connectivity index (χ0) is 19.4. The van der Waals surface area contributed by atoms with E-state index < -0.39 is 17.5 Å². The van der Waals surface area contributed by atoms with Crippen LogP contribution in [0.5, 0.6) is 11.5 Å². The van der Waals surface area contributed by atoms with Gasteiger partial charge in [-0.25, -0.2) is 13.8 Å². The van der Waals surface area contributed by atoms with Crippen molar-refractivity contribution in [3.8, 4) is 11.5 Å². The monoisotopic (exact) mass is 372 g/mol. The Balaban J connectivity index is 1.88. The van der Waals surface area contributed by atoms with E-state index in [1.165, 1.54) is 13.2 Å². The predicted molar refractivity (Wildman–Crippen MR) is 97.0 cm³/mol. The fourth-order valence-electron chi connectivity index (χ4n) is 2.72. The zero-order valence-corrected chi connectivity index (χ0v) is 14.9. The molecule has 0 radical (unpaired) electrons. The summed E-state index contributed by atoms with van der Waals surface area (Å²) >= 11 is 0. The summed E-state index contributed by atoms with van der Waals surface area (Å²) in [7, 11) is 1.36. The van der Waals surface area contributed by atoms with E-state index >= 15 is 0 Å². The number of methoxy groups -OCH3 is 1. The number of benzene rings is 2. The Hall–Kier alpha value is -3.22. The number of ether oxygens (including phenoxy) is 2. The number of fused-ring (bicyclic) bond motifs is 1. The van der Waals surface area contributed by atoms with Gasteiger partial charge >= 0.3 is 0 Å². The molecule has 0 saturated heterocycles. The second kappa shape index (κ2) is 7.99. The molecule has 3 aromatic rings. The van der Waals surface area contributed by atoms with Gasteiger partial charge in [-0.2, -0.15) is 0 Å². The van der Waals surface area contributed by atoms with Crippen LogP contribution < -0.4 is 14.8 Å². The number of hydrogen-bond acceptors (Lipinski definition) is 4. The van der Waals surface area contributed by atoms with Crippen molar-refractivity contribution in [3.05, 3.63) is 65.4 Å². The van der Waals surface area contributed by atoms with Crippen molar-refractivity contribution in [2.45, 2.75) is 13.5 Å². The average Bonchev–Trinajstić information content (AvgIpc) is 2.66. The number of para-hydroxylation sites is 1. The lowest BCUT2D eigenvalue weighted by Crippen LogP contribution is -2.24. The maximum absolute atomic E-state index is 14.1. The lowest BCUT2D eigenvalue weighted by atomic mass is 10.1. The highest BCUT2D eigenvalue weighted by Gasteiger charge is 2.16. The van der Waals surface area contributed by atoms with Gasteiger partial charge in [0.1, 0.15) is 28.5 Å². The lowest BCUT2D eigenvalue weighted by Gasteiger charge is -2.12. The van der Waals surface area contributed by atoms with Crippen LogP contribution in [0.4, 0.5) is 8.78 Å². The van der Waals surface area contributed by atoms with E-state index in [-0.39, 0.29) is 28.9 Å². The SMILES string of the molecule is CCOc1ccccc1CNC(=O)c1cc(OC)c2cc(F)cc(F)c2n1. The van der Waals surface area contributed by atoms with Crippen LogP contribution in [-0.2, 0) is 6.54 Å². The van der Waals surface area contributed by atoms with Crippen LogP contribution in [0.25, 0.3) is 10.9 Å². The van der Waals surface area contributed by atoms with Crippen molar-refractivity contribution in [1.29, 1.82) is 0 Å². The van der Waals surface area contributed by atoms with Gasteiger partial charge in [-0.15, -0.1) is 0 Å². The van der Waals surface area contributed by atoms with Crippen LogP contribution in [0.1, 0.15) is 23.0 Å². The van der Waals surface area contributed by atoms with Gasteiger partial charge in [0.05, 0.1) is 13.7 Å². The maximum Gasteiger partial charge on any atom is 0.270 e. The Kier molecular flexibility index (Phi) is 5.49. The Labute approximate surface area is 154 Å². The van der Waals surface area contributed by atoms with Crippen molar-refractivity contribution >= 4 is 16.8 Å². The summed E-state index contributed by atoms with van der Waals surface area (Å²) in [5.74, 6) is -1.28. The third-order valence-electron chi connectivity index (χ3n) is 3.96. The topological polar surface area (TPSA) is 60.5 Å².